The van der Waals surface area contributed by atoms with E-state index in [9.17, 15) is 4.79 Å². The fourth-order valence-corrected chi connectivity index (χ4v) is 4.27. The molecule has 10 nitrogen and oxygen atoms in total. The first-order chi connectivity index (χ1) is 15.1. The number of ether oxygens (including phenoxy) is 1. The van der Waals surface area contributed by atoms with Gasteiger partial charge in [-0.05, 0) is 37.8 Å². The van der Waals surface area contributed by atoms with Crippen LogP contribution in [-0.4, -0.2) is 54.7 Å². The van der Waals surface area contributed by atoms with E-state index in [1.807, 2.05) is 24.5 Å². The number of carbonyl (C=O) groups excluding carboxylic acids is 1. The Morgan fingerprint density at radius 2 is 2.00 bits per heavy atom. The molecule has 160 valence electrons. The number of nitrogens with one attached hydrogen (secondary N) is 3. The number of pyridine rings is 1. The summed E-state index contributed by atoms with van der Waals surface area (Å²) in [6.07, 6.45) is 9.12. The molecule has 0 spiro atoms. The van der Waals surface area contributed by atoms with Crippen molar-refractivity contribution in [2.45, 2.75) is 44.7 Å². The number of anilines is 1. The summed E-state index contributed by atoms with van der Waals surface area (Å²) < 4.78 is 7.35. The minimum absolute atomic E-state index is 0.0282. The Labute approximate surface area is 178 Å². The highest BCUT2D eigenvalue weighted by Gasteiger charge is 2.23. The van der Waals surface area contributed by atoms with Crippen LogP contribution in [0.1, 0.15) is 32.6 Å². The first kappa shape index (κ1) is 19.3. The predicted molar refractivity (Wildman–Crippen MR) is 116 cm³/mol. The van der Waals surface area contributed by atoms with Crippen LogP contribution in [0, 0.1) is 0 Å². The minimum Gasteiger partial charge on any atom is -0.480 e. The van der Waals surface area contributed by atoms with E-state index in [1.165, 1.54) is 6.33 Å². The van der Waals surface area contributed by atoms with Crippen LogP contribution < -0.4 is 15.4 Å². The summed E-state index contributed by atoms with van der Waals surface area (Å²) in [6.45, 7) is 1.56. The number of fused-ring (bicyclic) bond motifs is 2. The van der Waals surface area contributed by atoms with Crippen LogP contribution in [0.5, 0.6) is 5.88 Å². The van der Waals surface area contributed by atoms with Gasteiger partial charge in [0, 0.05) is 42.5 Å². The molecule has 4 heterocycles. The molecule has 1 aliphatic carbocycles. The van der Waals surface area contributed by atoms with Crippen molar-refractivity contribution in [3.05, 3.63) is 30.9 Å². The van der Waals surface area contributed by atoms with Crippen molar-refractivity contribution < 1.29 is 9.53 Å². The summed E-state index contributed by atoms with van der Waals surface area (Å²) in [7, 11) is 1.61. The van der Waals surface area contributed by atoms with Crippen LogP contribution in [0.3, 0.4) is 0 Å². The van der Waals surface area contributed by atoms with Gasteiger partial charge in [0.25, 0.3) is 0 Å². The average molecular weight is 420 g/mol. The number of aromatic amines is 1. The van der Waals surface area contributed by atoms with E-state index in [1.54, 1.807) is 18.5 Å². The van der Waals surface area contributed by atoms with Gasteiger partial charge in [-0.25, -0.2) is 9.50 Å². The van der Waals surface area contributed by atoms with Gasteiger partial charge in [-0.1, -0.05) is 0 Å². The summed E-state index contributed by atoms with van der Waals surface area (Å²) in [5.74, 6) is 1.07. The molecular weight excluding hydrogens is 396 g/mol. The molecule has 1 saturated carbocycles. The maximum Gasteiger partial charge on any atom is 0.228 e. The second-order valence-electron chi connectivity index (χ2n) is 7.86. The number of amides is 1. The highest BCUT2D eigenvalue weighted by atomic mass is 16.5. The molecule has 0 aliphatic heterocycles. The van der Waals surface area contributed by atoms with Crippen molar-refractivity contribution in [3.63, 3.8) is 0 Å². The van der Waals surface area contributed by atoms with E-state index in [4.69, 9.17) is 4.74 Å². The molecule has 10 heteroatoms. The van der Waals surface area contributed by atoms with Gasteiger partial charge in [-0.15, -0.1) is 0 Å². The SMILES string of the molecule is COc1nc(N[C@H]2CC[C@H](NC(C)=O)CC2)nc2[nH]cc(-c3ccc4ncnn4c3)c12. The number of carbonyl (C=O) groups is 1. The van der Waals surface area contributed by atoms with Gasteiger partial charge in [-0.2, -0.15) is 15.1 Å². The van der Waals surface area contributed by atoms with Crippen molar-refractivity contribution in [2.24, 2.45) is 0 Å². The van der Waals surface area contributed by atoms with Crippen LogP contribution in [-0.2, 0) is 4.79 Å². The van der Waals surface area contributed by atoms with Crippen molar-refractivity contribution in [2.75, 3.05) is 12.4 Å². The lowest BCUT2D eigenvalue weighted by atomic mass is 9.91. The number of methoxy groups -OCH3 is 1. The van der Waals surface area contributed by atoms with Gasteiger partial charge < -0.3 is 20.4 Å². The van der Waals surface area contributed by atoms with E-state index >= 15 is 0 Å². The van der Waals surface area contributed by atoms with Crippen LogP contribution in [0.25, 0.3) is 27.8 Å². The lowest BCUT2D eigenvalue weighted by Crippen LogP contribution is -2.39. The largest absolute Gasteiger partial charge is 0.480 e. The maximum atomic E-state index is 11.3. The summed E-state index contributed by atoms with van der Waals surface area (Å²) in [6, 6.07) is 4.42. The standard InChI is InChI=1S/C21H24N8O2/c1-12(30)25-14-4-6-15(7-5-14)26-21-27-19-18(20(28-21)31-2)16(9-22-19)13-3-8-17-23-11-24-29(17)10-13/h3,8-11,14-15H,4-7H2,1-2H3,(H,25,30)(H2,22,26,27,28)/t14-,15-. The molecule has 0 unspecified atom stereocenters. The Bertz CT molecular complexity index is 1240. The predicted octanol–water partition coefficient (Wildman–Crippen LogP) is 2.54. The van der Waals surface area contributed by atoms with E-state index in [0.717, 1.165) is 47.8 Å². The zero-order chi connectivity index (χ0) is 21.4. The van der Waals surface area contributed by atoms with E-state index in [0.29, 0.717) is 17.5 Å². The van der Waals surface area contributed by atoms with Gasteiger partial charge in [0.15, 0.2) is 5.65 Å². The van der Waals surface area contributed by atoms with Gasteiger partial charge in [0.1, 0.15) is 12.0 Å². The zero-order valence-corrected chi connectivity index (χ0v) is 17.4. The molecule has 5 rings (SSSR count). The smallest absolute Gasteiger partial charge is 0.228 e. The number of H-pyrrole nitrogens is 1. The lowest BCUT2D eigenvalue weighted by molar-refractivity contribution is -0.119. The highest BCUT2D eigenvalue weighted by molar-refractivity contribution is 5.97. The monoisotopic (exact) mass is 420 g/mol. The third-order valence-electron chi connectivity index (χ3n) is 5.74. The molecule has 4 aromatic rings. The van der Waals surface area contributed by atoms with Crippen molar-refractivity contribution in [3.8, 4) is 17.0 Å². The Hall–Kier alpha value is -3.69. The first-order valence-electron chi connectivity index (χ1n) is 10.4. The zero-order valence-electron chi connectivity index (χ0n) is 17.4. The van der Waals surface area contributed by atoms with Gasteiger partial charge >= 0.3 is 0 Å². The van der Waals surface area contributed by atoms with E-state index in [2.05, 4.69) is 35.7 Å². The third-order valence-corrected chi connectivity index (χ3v) is 5.74. The molecule has 0 atom stereocenters. The van der Waals surface area contributed by atoms with Crippen molar-refractivity contribution >= 4 is 28.5 Å². The van der Waals surface area contributed by atoms with Crippen LogP contribution >= 0.6 is 0 Å². The number of nitrogens with zero attached hydrogens (tertiary/aromatic N) is 5. The fourth-order valence-electron chi connectivity index (χ4n) is 4.27. The number of hydrogen-bond acceptors (Lipinski definition) is 7. The second-order valence-corrected chi connectivity index (χ2v) is 7.86. The topological polar surface area (TPSA) is 122 Å². The maximum absolute atomic E-state index is 11.3. The molecule has 4 aromatic heterocycles. The normalized spacial score (nSPS) is 18.9. The molecule has 0 radical (unpaired) electrons. The Morgan fingerprint density at radius 1 is 1.19 bits per heavy atom. The van der Waals surface area contributed by atoms with Crippen LogP contribution in [0.4, 0.5) is 5.95 Å². The van der Waals surface area contributed by atoms with Gasteiger partial charge in [-0.3, -0.25) is 4.79 Å². The molecule has 1 amide bonds. The molecule has 1 fully saturated rings. The summed E-state index contributed by atoms with van der Waals surface area (Å²) in [5.41, 5.74) is 3.39. The molecule has 3 N–H and O–H groups in total. The van der Waals surface area contributed by atoms with E-state index in [-0.39, 0.29) is 18.0 Å². The van der Waals surface area contributed by atoms with Gasteiger partial charge in [0.2, 0.25) is 17.7 Å². The van der Waals surface area contributed by atoms with Crippen LogP contribution in [0.15, 0.2) is 30.9 Å². The molecule has 0 bridgehead atoms. The molecular formula is C21H24N8O2. The molecule has 31 heavy (non-hydrogen) atoms. The Morgan fingerprint density at radius 3 is 2.77 bits per heavy atom. The quantitative estimate of drug-likeness (QED) is 0.453. The van der Waals surface area contributed by atoms with Crippen molar-refractivity contribution in [1.29, 1.82) is 0 Å². The number of aromatic nitrogens is 6. The average Bonchev–Trinajstić information content (AvgIpc) is 3.40. The molecule has 0 saturated heterocycles. The number of hydrogen-bond donors (Lipinski definition) is 3. The summed E-state index contributed by atoms with van der Waals surface area (Å²) in [5, 5.41) is 11.5. The van der Waals surface area contributed by atoms with Gasteiger partial charge in [0.05, 0.1) is 12.5 Å². The summed E-state index contributed by atoms with van der Waals surface area (Å²) in [4.78, 5) is 28.0. The number of rotatable bonds is 5. The molecule has 1 aliphatic rings. The summed E-state index contributed by atoms with van der Waals surface area (Å²) >= 11 is 0. The van der Waals surface area contributed by atoms with Crippen LogP contribution in [0.2, 0.25) is 0 Å². The Kier molecular flexibility index (Phi) is 4.89. The van der Waals surface area contributed by atoms with E-state index < -0.39 is 0 Å². The van der Waals surface area contributed by atoms with Crippen molar-refractivity contribution in [1.82, 2.24) is 34.9 Å². The molecule has 0 aromatic carbocycles. The Balaban J connectivity index is 1.40. The highest BCUT2D eigenvalue weighted by Crippen LogP contribution is 2.34. The fraction of sp³-hybridized carbons (Fsp3) is 0.381. The lowest BCUT2D eigenvalue weighted by Gasteiger charge is -2.29. The second kappa shape index (κ2) is 7.86. The minimum atomic E-state index is 0.0282. The first-order valence-corrected chi connectivity index (χ1v) is 10.4. The third kappa shape index (κ3) is 3.76.